The smallest absolute Gasteiger partial charge is 0.309 e. The average Bonchev–Trinajstić information content (AvgIpc) is 3.08. The molecule has 2 saturated carbocycles. The van der Waals surface area contributed by atoms with Gasteiger partial charge in [0.2, 0.25) is 0 Å². The summed E-state index contributed by atoms with van der Waals surface area (Å²) in [4.78, 5) is 12.4. The van der Waals surface area contributed by atoms with Crippen LogP contribution in [0, 0.1) is 11.8 Å². The Bertz CT molecular complexity index is 419. The van der Waals surface area contributed by atoms with Crippen LogP contribution in [0.15, 0.2) is 0 Å². The molecule has 1 saturated heterocycles. The van der Waals surface area contributed by atoms with Gasteiger partial charge >= 0.3 is 5.97 Å². The first-order chi connectivity index (χ1) is 9.80. The van der Waals surface area contributed by atoms with E-state index < -0.39 is 5.60 Å². The molecule has 4 heteroatoms. The molecule has 3 rings (SSSR count). The van der Waals surface area contributed by atoms with Crippen LogP contribution in [0.1, 0.15) is 65.7 Å². The summed E-state index contributed by atoms with van der Waals surface area (Å²) in [6.45, 7) is 6.23. The van der Waals surface area contributed by atoms with Crippen molar-refractivity contribution in [2.75, 3.05) is 0 Å². The molecule has 5 atom stereocenters. The van der Waals surface area contributed by atoms with Crippen molar-refractivity contribution in [2.24, 2.45) is 11.8 Å². The van der Waals surface area contributed by atoms with Gasteiger partial charge in [-0.2, -0.15) is 0 Å². The first-order valence-corrected chi connectivity index (χ1v) is 8.39. The number of aliphatic hydroxyl groups is 1. The van der Waals surface area contributed by atoms with E-state index in [1.165, 1.54) is 0 Å². The quantitative estimate of drug-likeness (QED) is 0.642. The molecule has 1 aliphatic heterocycles. The molecule has 4 nitrogen and oxygen atoms in total. The number of carbonyl (C=O) groups is 1. The lowest BCUT2D eigenvalue weighted by molar-refractivity contribution is -0.170. The van der Waals surface area contributed by atoms with E-state index in [2.05, 4.69) is 6.92 Å². The van der Waals surface area contributed by atoms with Crippen molar-refractivity contribution in [2.45, 2.75) is 89.1 Å². The van der Waals surface area contributed by atoms with Gasteiger partial charge in [0.15, 0.2) is 0 Å². The molecule has 1 N–H and O–H groups in total. The zero-order chi connectivity index (χ0) is 15.3. The highest BCUT2D eigenvalue weighted by Gasteiger charge is 2.57. The number of carbonyl (C=O) groups excluding carboxylic acids is 1. The zero-order valence-electron chi connectivity index (χ0n) is 13.4. The molecule has 0 aromatic rings. The lowest BCUT2D eigenvalue weighted by Crippen LogP contribution is -2.42. The maximum atomic E-state index is 12.4. The number of epoxide rings is 1. The van der Waals surface area contributed by atoms with Crippen LogP contribution in [0.25, 0.3) is 0 Å². The largest absolute Gasteiger partial charge is 0.459 e. The third-order valence-corrected chi connectivity index (χ3v) is 5.85. The van der Waals surface area contributed by atoms with Crippen LogP contribution >= 0.6 is 0 Å². The van der Waals surface area contributed by atoms with Gasteiger partial charge in [0.25, 0.3) is 0 Å². The summed E-state index contributed by atoms with van der Waals surface area (Å²) in [6, 6.07) is 0. The molecule has 2 aliphatic carbocycles. The topological polar surface area (TPSA) is 59.1 Å². The molecule has 3 fully saturated rings. The minimum absolute atomic E-state index is 0.101. The number of rotatable bonds is 3. The maximum absolute atomic E-state index is 12.4. The van der Waals surface area contributed by atoms with Crippen LogP contribution in [0.3, 0.4) is 0 Å². The summed E-state index contributed by atoms with van der Waals surface area (Å²) in [7, 11) is 0. The lowest BCUT2D eigenvalue weighted by atomic mass is 9.75. The van der Waals surface area contributed by atoms with E-state index in [1.807, 2.05) is 13.8 Å². The fourth-order valence-electron chi connectivity index (χ4n) is 4.08. The highest BCUT2D eigenvalue weighted by molar-refractivity contribution is 5.73. The third kappa shape index (κ3) is 3.11. The zero-order valence-corrected chi connectivity index (χ0v) is 13.4. The predicted octanol–water partition coefficient (Wildman–Crippen LogP) is 2.82. The fourth-order valence-corrected chi connectivity index (χ4v) is 4.08. The minimum atomic E-state index is -0.438. The van der Waals surface area contributed by atoms with Crippen LogP contribution in [0.5, 0.6) is 0 Å². The van der Waals surface area contributed by atoms with Gasteiger partial charge in [-0.25, -0.2) is 0 Å². The standard InChI is InChI=1S/C17H28O4/c1-16(2,12-7-8-17(3)14(10-12)20-17)21-15(19)11-5-4-6-13(18)9-11/h11-14,18H,4-10H2,1-3H3/t11?,12?,13-,14?,17?/m1/s1. The Morgan fingerprint density at radius 1 is 1.29 bits per heavy atom. The van der Waals surface area contributed by atoms with Crippen molar-refractivity contribution in [1.29, 1.82) is 0 Å². The van der Waals surface area contributed by atoms with Crippen LogP contribution in [0.2, 0.25) is 0 Å². The average molecular weight is 296 g/mol. The van der Waals surface area contributed by atoms with E-state index >= 15 is 0 Å². The maximum Gasteiger partial charge on any atom is 0.309 e. The van der Waals surface area contributed by atoms with Gasteiger partial charge in [-0.3, -0.25) is 4.79 Å². The van der Waals surface area contributed by atoms with Crippen LogP contribution in [-0.4, -0.2) is 34.5 Å². The second kappa shape index (κ2) is 5.24. The van der Waals surface area contributed by atoms with Crippen molar-refractivity contribution in [3.05, 3.63) is 0 Å². The second-order valence-electron chi connectivity index (χ2n) is 7.93. The molecule has 0 spiro atoms. The van der Waals surface area contributed by atoms with E-state index in [1.54, 1.807) is 0 Å². The molecule has 0 radical (unpaired) electrons. The van der Waals surface area contributed by atoms with Gasteiger partial charge in [0, 0.05) is 5.92 Å². The molecule has 0 amide bonds. The molecule has 4 unspecified atom stereocenters. The molecule has 120 valence electrons. The molecular formula is C17H28O4. The van der Waals surface area contributed by atoms with Crippen LogP contribution in [-0.2, 0) is 14.3 Å². The molecule has 21 heavy (non-hydrogen) atoms. The first-order valence-electron chi connectivity index (χ1n) is 8.39. The summed E-state index contributed by atoms with van der Waals surface area (Å²) in [5, 5.41) is 9.72. The van der Waals surface area contributed by atoms with E-state index in [-0.39, 0.29) is 23.6 Å². The van der Waals surface area contributed by atoms with Crippen molar-refractivity contribution in [3.8, 4) is 0 Å². The normalized spacial score (nSPS) is 43.0. The Balaban J connectivity index is 1.56. The highest BCUT2D eigenvalue weighted by atomic mass is 16.6. The van der Waals surface area contributed by atoms with Crippen molar-refractivity contribution >= 4 is 5.97 Å². The summed E-state index contributed by atoms with van der Waals surface area (Å²) >= 11 is 0. The monoisotopic (exact) mass is 296 g/mol. The van der Waals surface area contributed by atoms with E-state index in [0.29, 0.717) is 18.4 Å². The molecule has 0 aromatic heterocycles. The summed E-state index contributed by atoms with van der Waals surface area (Å²) in [5.74, 6) is 0.124. The van der Waals surface area contributed by atoms with Crippen LogP contribution < -0.4 is 0 Å². The summed E-state index contributed by atoms with van der Waals surface area (Å²) < 4.78 is 11.6. The Morgan fingerprint density at radius 2 is 2.05 bits per heavy atom. The number of esters is 1. The molecule has 1 heterocycles. The number of aliphatic hydroxyl groups excluding tert-OH is 1. The Morgan fingerprint density at radius 3 is 2.71 bits per heavy atom. The highest BCUT2D eigenvalue weighted by Crippen LogP contribution is 2.52. The van der Waals surface area contributed by atoms with Gasteiger partial charge in [-0.15, -0.1) is 0 Å². The third-order valence-electron chi connectivity index (χ3n) is 5.85. The summed E-state index contributed by atoms with van der Waals surface area (Å²) in [6.07, 6.45) is 6.26. The predicted molar refractivity (Wildman–Crippen MR) is 78.8 cm³/mol. The van der Waals surface area contributed by atoms with Crippen molar-refractivity contribution in [1.82, 2.24) is 0 Å². The van der Waals surface area contributed by atoms with Crippen molar-refractivity contribution in [3.63, 3.8) is 0 Å². The van der Waals surface area contributed by atoms with E-state index in [9.17, 15) is 9.90 Å². The molecule has 0 aromatic carbocycles. The van der Waals surface area contributed by atoms with E-state index in [4.69, 9.17) is 9.47 Å². The van der Waals surface area contributed by atoms with Crippen molar-refractivity contribution < 1.29 is 19.4 Å². The number of fused-ring (bicyclic) bond motifs is 1. The Labute approximate surface area is 127 Å². The van der Waals surface area contributed by atoms with Gasteiger partial charge in [-0.1, -0.05) is 6.42 Å². The van der Waals surface area contributed by atoms with Gasteiger partial charge < -0.3 is 14.6 Å². The van der Waals surface area contributed by atoms with Gasteiger partial charge in [0.05, 0.1) is 23.7 Å². The minimum Gasteiger partial charge on any atom is -0.459 e. The molecule has 0 bridgehead atoms. The summed E-state index contributed by atoms with van der Waals surface area (Å²) in [5.41, 5.74) is -0.336. The van der Waals surface area contributed by atoms with Gasteiger partial charge in [-0.05, 0) is 59.3 Å². The number of hydrogen-bond donors (Lipinski definition) is 1. The molecular weight excluding hydrogens is 268 g/mol. The Hall–Kier alpha value is -0.610. The Kier molecular flexibility index (Phi) is 3.81. The SMILES string of the molecule is CC(C)(OC(=O)C1CCC[C@@H](O)C1)C1CCC2(C)OC2C1. The first kappa shape index (κ1) is 15.3. The lowest BCUT2D eigenvalue weighted by Gasteiger charge is -2.38. The van der Waals surface area contributed by atoms with Crippen LogP contribution in [0.4, 0.5) is 0 Å². The number of hydrogen-bond acceptors (Lipinski definition) is 4. The molecule has 3 aliphatic rings. The number of ether oxygens (including phenoxy) is 2. The van der Waals surface area contributed by atoms with E-state index in [0.717, 1.165) is 38.5 Å². The fraction of sp³-hybridized carbons (Fsp3) is 0.941. The van der Waals surface area contributed by atoms with Gasteiger partial charge in [0.1, 0.15) is 5.60 Å². The second-order valence-corrected chi connectivity index (χ2v) is 7.93.